The molecule has 94 valence electrons. The summed E-state index contributed by atoms with van der Waals surface area (Å²) in [7, 11) is -1.42. The number of hydrogen-bond acceptors (Lipinski definition) is 1. The van der Waals surface area contributed by atoms with E-state index in [9.17, 15) is 8.78 Å². The highest BCUT2D eigenvalue weighted by Gasteiger charge is 2.11. The Kier molecular flexibility index (Phi) is 3.22. The predicted octanol–water partition coefficient (Wildman–Crippen LogP) is 3.66. The van der Waals surface area contributed by atoms with E-state index >= 15 is 0 Å². The highest BCUT2D eigenvalue weighted by Crippen LogP contribution is 2.20. The van der Waals surface area contributed by atoms with E-state index in [4.69, 9.17) is 0 Å². The third-order valence-electron chi connectivity index (χ3n) is 2.36. The molecule has 0 saturated heterocycles. The molecule has 1 aromatic carbocycles. The summed E-state index contributed by atoms with van der Waals surface area (Å²) in [6.45, 7) is 3.87. The lowest BCUT2D eigenvalue weighted by atomic mass is 10.2. The van der Waals surface area contributed by atoms with Gasteiger partial charge >= 0.3 is 6.55 Å². The van der Waals surface area contributed by atoms with Gasteiger partial charge in [0.05, 0.1) is 11.7 Å². The fourth-order valence-electron chi connectivity index (χ4n) is 1.55. The molecule has 2 aromatic rings. The van der Waals surface area contributed by atoms with Gasteiger partial charge in [0.2, 0.25) is 0 Å². The molecule has 0 atom stereocenters. The molecule has 0 spiro atoms. The Morgan fingerprint density at radius 3 is 2.61 bits per heavy atom. The Hall–Kier alpha value is -1.67. The van der Waals surface area contributed by atoms with Crippen LogP contribution in [-0.2, 0) is 0 Å². The van der Waals surface area contributed by atoms with E-state index in [0.29, 0.717) is 15.6 Å². The van der Waals surface area contributed by atoms with E-state index in [1.807, 2.05) is 0 Å². The molecule has 0 aliphatic heterocycles. The first-order valence-corrected chi connectivity index (χ1v) is 9.15. The predicted molar refractivity (Wildman–Crippen MR) is 71.2 cm³/mol. The van der Waals surface area contributed by atoms with Crippen molar-refractivity contribution in [1.29, 1.82) is 0 Å². The van der Waals surface area contributed by atoms with E-state index < -0.39 is 14.6 Å². The number of alkyl halides is 2. The molecule has 0 saturated carbocycles. The van der Waals surface area contributed by atoms with Crippen LogP contribution in [0.15, 0.2) is 24.4 Å². The Labute approximate surface area is 106 Å². The first kappa shape index (κ1) is 12.8. The smallest absolute Gasteiger partial charge is 0.204 e. The van der Waals surface area contributed by atoms with Crippen molar-refractivity contribution >= 4 is 19.0 Å². The summed E-state index contributed by atoms with van der Waals surface area (Å²) >= 11 is 0. The summed E-state index contributed by atoms with van der Waals surface area (Å²) in [4.78, 5) is 0. The number of fused-ring (bicyclic) bond motifs is 1. The quantitative estimate of drug-likeness (QED) is 0.568. The van der Waals surface area contributed by atoms with Crippen molar-refractivity contribution < 1.29 is 8.78 Å². The van der Waals surface area contributed by atoms with Crippen molar-refractivity contribution in [3.8, 4) is 11.5 Å². The maximum atomic E-state index is 12.6. The maximum absolute atomic E-state index is 12.6. The zero-order valence-electron chi connectivity index (χ0n) is 10.5. The van der Waals surface area contributed by atoms with Crippen molar-refractivity contribution in [3.05, 3.63) is 30.0 Å². The lowest BCUT2D eigenvalue weighted by molar-refractivity contribution is 0.0615. The molecular weight excluding hydrogens is 250 g/mol. The molecule has 0 fully saturated rings. The number of halogens is 2. The number of nitrogens with zero attached hydrogens (tertiary/aromatic N) is 2. The molecule has 0 N–H and O–H groups in total. The van der Waals surface area contributed by atoms with Crippen LogP contribution >= 0.6 is 0 Å². The number of hydrogen-bond donors (Lipinski definition) is 0. The maximum Gasteiger partial charge on any atom is 0.333 e. The third kappa shape index (κ3) is 2.77. The van der Waals surface area contributed by atoms with Gasteiger partial charge in [-0.05, 0) is 18.2 Å². The van der Waals surface area contributed by atoms with E-state index in [1.165, 1.54) is 6.20 Å². The van der Waals surface area contributed by atoms with Gasteiger partial charge in [-0.2, -0.15) is 13.9 Å². The molecular formula is C13H14F2N2Si. The van der Waals surface area contributed by atoms with Crippen LogP contribution in [0.4, 0.5) is 8.78 Å². The molecule has 2 nitrogen and oxygen atoms in total. The molecule has 0 unspecified atom stereocenters. The van der Waals surface area contributed by atoms with E-state index in [0.717, 1.165) is 5.56 Å². The minimum Gasteiger partial charge on any atom is -0.204 e. The molecule has 1 aromatic heterocycles. The first-order chi connectivity index (χ1) is 8.37. The van der Waals surface area contributed by atoms with Crippen LogP contribution in [0.3, 0.4) is 0 Å². The average molecular weight is 264 g/mol. The van der Waals surface area contributed by atoms with Gasteiger partial charge < -0.3 is 0 Å². The Bertz CT molecular complexity index is 630. The lowest BCUT2D eigenvalue weighted by Gasteiger charge is -2.03. The van der Waals surface area contributed by atoms with Gasteiger partial charge in [0.15, 0.2) is 0 Å². The van der Waals surface area contributed by atoms with Crippen molar-refractivity contribution in [1.82, 2.24) is 9.78 Å². The van der Waals surface area contributed by atoms with Gasteiger partial charge in [-0.25, -0.2) is 4.68 Å². The minimum absolute atomic E-state index is 0.434. The summed E-state index contributed by atoms with van der Waals surface area (Å²) < 4.78 is 25.9. The topological polar surface area (TPSA) is 17.8 Å². The van der Waals surface area contributed by atoms with Crippen LogP contribution in [0.5, 0.6) is 0 Å². The second-order valence-corrected chi connectivity index (χ2v) is 9.89. The van der Waals surface area contributed by atoms with Crippen LogP contribution in [0.1, 0.15) is 12.1 Å². The summed E-state index contributed by atoms with van der Waals surface area (Å²) in [5, 5.41) is 4.36. The summed E-state index contributed by atoms with van der Waals surface area (Å²) in [5.74, 6) is 3.10. The van der Waals surface area contributed by atoms with Crippen LogP contribution in [0, 0.1) is 11.5 Å². The van der Waals surface area contributed by atoms with Crippen LogP contribution in [0.2, 0.25) is 19.6 Å². The summed E-state index contributed by atoms with van der Waals surface area (Å²) in [6, 6.07) is 5.20. The number of aromatic nitrogens is 2. The van der Waals surface area contributed by atoms with Crippen molar-refractivity contribution in [2.24, 2.45) is 0 Å². The van der Waals surface area contributed by atoms with Crippen LogP contribution < -0.4 is 0 Å². The first-order valence-electron chi connectivity index (χ1n) is 5.65. The van der Waals surface area contributed by atoms with Crippen LogP contribution in [0.25, 0.3) is 10.9 Å². The Balaban J connectivity index is 2.43. The second-order valence-electron chi connectivity index (χ2n) is 5.14. The SMILES string of the molecule is C[Si](C)(C)C#Cc1ccc2c(cnn2C(F)F)c1. The highest BCUT2D eigenvalue weighted by atomic mass is 28.3. The molecule has 0 amide bonds. The second kappa shape index (κ2) is 4.54. The van der Waals surface area contributed by atoms with Gasteiger partial charge in [0.1, 0.15) is 8.07 Å². The van der Waals surface area contributed by atoms with Crippen molar-refractivity contribution in [2.75, 3.05) is 0 Å². The molecule has 18 heavy (non-hydrogen) atoms. The van der Waals surface area contributed by atoms with E-state index in [2.05, 4.69) is 36.2 Å². The molecule has 0 radical (unpaired) electrons. The highest BCUT2D eigenvalue weighted by molar-refractivity contribution is 6.83. The zero-order chi connectivity index (χ0) is 13.3. The molecule has 0 aliphatic carbocycles. The molecule has 0 aliphatic rings. The largest absolute Gasteiger partial charge is 0.333 e. The monoisotopic (exact) mass is 264 g/mol. The van der Waals surface area contributed by atoms with Crippen molar-refractivity contribution in [2.45, 2.75) is 26.2 Å². The lowest BCUT2D eigenvalue weighted by Crippen LogP contribution is -2.16. The molecule has 0 bridgehead atoms. The van der Waals surface area contributed by atoms with Gasteiger partial charge in [-0.15, -0.1) is 5.54 Å². The number of rotatable bonds is 1. The van der Waals surface area contributed by atoms with E-state index in [-0.39, 0.29) is 0 Å². The number of benzene rings is 1. The van der Waals surface area contributed by atoms with Gasteiger partial charge in [0.25, 0.3) is 0 Å². The minimum atomic E-state index is -2.61. The zero-order valence-corrected chi connectivity index (χ0v) is 11.5. The Morgan fingerprint density at radius 2 is 2.00 bits per heavy atom. The van der Waals surface area contributed by atoms with Crippen molar-refractivity contribution in [3.63, 3.8) is 0 Å². The fourth-order valence-corrected chi connectivity index (χ4v) is 2.07. The van der Waals surface area contributed by atoms with Gasteiger partial charge in [0, 0.05) is 10.9 Å². The third-order valence-corrected chi connectivity index (χ3v) is 3.24. The van der Waals surface area contributed by atoms with Gasteiger partial charge in [-0.1, -0.05) is 25.6 Å². The molecule has 5 heteroatoms. The molecule has 2 rings (SSSR count). The standard InChI is InChI=1S/C13H14F2N2Si/c1-18(2,3)7-6-10-4-5-12-11(8-10)9-16-17(12)13(14)15/h4-5,8-9,13H,1-3H3. The fraction of sp³-hybridized carbons (Fsp3) is 0.308. The Morgan fingerprint density at radius 1 is 1.28 bits per heavy atom. The van der Waals surface area contributed by atoms with Gasteiger partial charge in [-0.3, -0.25) is 0 Å². The molecule has 1 heterocycles. The average Bonchev–Trinajstić information content (AvgIpc) is 2.68. The summed E-state index contributed by atoms with van der Waals surface area (Å²) in [6.07, 6.45) is 1.45. The van der Waals surface area contributed by atoms with E-state index in [1.54, 1.807) is 18.2 Å². The normalized spacial score (nSPS) is 11.7. The van der Waals surface area contributed by atoms with Crippen LogP contribution in [-0.4, -0.2) is 17.9 Å². The summed E-state index contributed by atoms with van der Waals surface area (Å²) in [5.41, 5.74) is 4.53.